The minimum atomic E-state index is 0.819. The van der Waals surface area contributed by atoms with Gasteiger partial charge in [-0.15, -0.1) is 0 Å². The van der Waals surface area contributed by atoms with Crippen LogP contribution in [-0.4, -0.2) is 9.25 Å². The van der Waals surface area contributed by atoms with E-state index in [9.17, 15) is 0 Å². The smallest absolute Gasteiger partial charge is 0.348 e. The lowest BCUT2D eigenvalue weighted by Gasteiger charge is -2.00. The number of aromatic nitrogens is 8. The summed E-state index contributed by atoms with van der Waals surface area (Å²) < 4.78 is 22.0. The lowest BCUT2D eigenvalue weighted by Crippen LogP contribution is -2.44. The first-order valence-corrected chi connectivity index (χ1v) is 13.4. The predicted octanol–water partition coefficient (Wildman–Crippen LogP) is 1.38. The number of pyridine rings is 4. The molecule has 0 saturated heterocycles. The van der Waals surface area contributed by atoms with E-state index in [-0.39, 0.29) is 0 Å². The van der Waals surface area contributed by atoms with Gasteiger partial charge in [-0.2, -0.15) is 13.7 Å². The van der Waals surface area contributed by atoms with Crippen LogP contribution in [0.4, 0.5) is 0 Å². The molecule has 208 valence electrons. The third-order valence-electron chi connectivity index (χ3n) is 6.42. The molecule has 0 aliphatic carbocycles. The Kier molecular flexibility index (Phi) is 9.66. The topological polar surface area (TPSA) is 42.4 Å². The third kappa shape index (κ3) is 7.69. The normalized spacial score (nSPS) is 10.2. The maximum atomic E-state index is 5.77. The van der Waals surface area contributed by atoms with Crippen molar-refractivity contribution in [2.24, 2.45) is 42.3 Å². The van der Waals surface area contributed by atoms with Crippen LogP contribution in [0.3, 0.4) is 0 Å². The zero-order chi connectivity index (χ0) is 29.2. The van der Waals surface area contributed by atoms with Crippen LogP contribution in [-0.2, 0) is 42.3 Å². The third-order valence-corrected chi connectivity index (χ3v) is 6.42. The highest BCUT2D eigenvalue weighted by Gasteiger charge is 2.16. The molecule has 0 spiro atoms. The van der Waals surface area contributed by atoms with Crippen molar-refractivity contribution in [3.05, 3.63) is 135 Å². The van der Waals surface area contributed by atoms with Crippen molar-refractivity contribution in [2.75, 3.05) is 0 Å². The monoisotopic (exact) mass is 552 g/mol. The van der Waals surface area contributed by atoms with Crippen LogP contribution in [0.15, 0.2) is 135 Å². The van der Waals surface area contributed by atoms with Crippen LogP contribution < -0.4 is 32.3 Å². The minimum Gasteiger partial charge on any atom is -0.348 e. The zero-order valence-corrected chi connectivity index (χ0v) is 24.7. The molecule has 0 N–H and O–H groups in total. The number of ether oxygens (including phenoxy) is 1. The lowest BCUT2D eigenvalue weighted by molar-refractivity contribution is -0.765. The second-order valence-corrected chi connectivity index (χ2v) is 9.64. The van der Waals surface area contributed by atoms with Crippen LogP contribution in [0.2, 0.25) is 0 Å². The van der Waals surface area contributed by atoms with Crippen molar-refractivity contribution in [3.8, 4) is 23.4 Å². The summed E-state index contributed by atoms with van der Waals surface area (Å²) >= 11 is 0. The maximum Gasteiger partial charge on any atom is 0.377 e. The van der Waals surface area contributed by atoms with Crippen molar-refractivity contribution in [1.82, 2.24) is 9.25 Å². The van der Waals surface area contributed by atoms with Gasteiger partial charge in [-0.3, -0.25) is 0 Å². The summed E-state index contributed by atoms with van der Waals surface area (Å²) in [6.45, 7) is 0. The van der Waals surface area contributed by atoms with Gasteiger partial charge >= 0.3 is 17.6 Å². The second kappa shape index (κ2) is 13.7. The molecule has 0 aliphatic heterocycles. The van der Waals surface area contributed by atoms with E-state index >= 15 is 0 Å². The first kappa shape index (κ1) is 28.8. The van der Waals surface area contributed by atoms with Gasteiger partial charge in [0.2, 0.25) is 6.20 Å². The molecule has 0 atom stereocenters. The molecular weight excluding hydrogens is 512 g/mol. The van der Waals surface area contributed by atoms with Gasteiger partial charge in [0, 0.05) is 28.9 Å². The number of imidazole rings is 1. The molecule has 41 heavy (non-hydrogen) atoms. The van der Waals surface area contributed by atoms with Gasteiger partial charge in [0.1, 0.15) is 26.5 Å². The number of hydrogen-bond donors (Lipinski definition) is 0. The van der Waals surface area contributed by atoms with E-state index in [0.717, 1.165) is 23.4 Å². The molecule has 6 rings (SSSR count). The first-order chi connectivity index (χ1) is 19.8. The fourth-order valence-electron chi connectivity index (χ4n) is 4.11. The van der Waals surface area contributed by atoms with E-state index in [1.54, 1.807) is 0 Å². The van der Waals surface area contributed by atoms with Crippen LogP contribution in [0.5, 0.6) is 11.8 Å². The molecule has 0 aromatic carbocycles. The maximum absolute atomic E-state index is 5.77. The standard InChI is InChI=1S/C12H14N2O.2C10H13N3/c1-13-9-5-3-7-11(13)15-12-8-4-6-10-14(12)2;1-11-7-4-3-6-10(11)13-9-5-8-12(13)2;1-11-7-8-13(9-11)10-5-3-4-6-12(10)2/h3-10H,1-2H3;2*3-9H,1-2H3/q3*+2. The van der Waals surface area contributed by atoms with Gasteiger partial charge in [-0.05, 0) is 28.9 Å². The number of hydrogen-bond acceptors (Lipinski definition) is 1. The summed E-state index contributed by atoms with van der Waals surface area (Å²) in [6, 6.07) is 26.0. The number of nitrogens with zero attached hydrogens (tertiary/aromatic N) is 8. The molecule has 9 nitrogen and oxygen atoms in total. The van der Waals surface area contributed by atoms with E-state index in [1.807, 2.05) is 183 Å². The fourth-order valence-corrected chi connectivity index (χ4v) is 4.11. The SMILES string of the molecule is C[n+]1ccccc1-n1ccc[n+]1C.C[n+]1ccccc1Oc1cccc[n+]1C.C[n+]1ccn(-c2cccc[n+]2C)c1. The number of aryl methyl sites for hydroxylation is 6. The van der Waals surface area contributed by atoms with Crippen LogP contribution in [0, 0.1) is 0 Å². The van der Waals surface area contributed by atoms with Crippen LogP contribution in [0.25, 0.3) is 11.6 Å². The second-order valence-electron chi connectivity index (χ2n) is 9.64. The Morgan fingerprint density at radius 2 is 1.00 bits per heavy atom. The van der Waals surface area contributed by atoms with Crippen LogP contribution in [0.1, 0.15) is 0 Å². The Labute approximate surface area is 241 Å². The summed E-state index contributed by atoms with van der Waals surface area (Å²) in [6.07, 6.45) is 18.1. The van der Waals surface area contributed by atoms with Crippen molar-refractivity contribution in [1.29, 1.82) is 0 Å². The van der Waals surface area contributed by atoms with Crippen molar-refractivity contribution < 1.29 is 32.3 Å². The van der Waals surface area contributed by atoms with Crippen molar-refractivity contribution >= 4 is 0 Å². The Bertz CT molecular complexity index is 1660. The fraction of sp³-hybridized carbons (Fsp3) is 0.188. The number of rotatable bonds is 4. The molecular formula is C32H40N8O+6. The summed E-state index contributed by atoms with van der Waals surface area (Å²) in [5.41, 5.74) is 0. The van der Waals surface area contributed by atoms with E-state index in [0.29, 0.717) is 0 Å². The highest BCUT2D eigenvalue weighted by molar-refractivity contribution is 5.14. The van der Waals surface area contributed by atoms with Crippen molar-refractivity contribution in [2.45, 2.75) is 0 Å². The quantitative estimate of drug-likeness (QED) is 0.305. The Hall–Kier alpha value is -5.18. The van der Waals surface area contributed by atoms with Crippen molar-refractivity contribution in [3.63, 3.8) is 0 Å². The van der Waals surface area contributed by atoms with Gasteiger partial charge in [-0.25, -0.2) is 13.7 Å². The van der Waals surface area contributed by atoms with Crippen LogP contribution >= 0.6 is 0 Å². The lowest BCUT2D eigenvalue weighted by atomic mass is 10.4. The summed E-state index contributed by atoms with van der Waals surface area (Å²) in [5.74, 6) is 3.94. The molecule has 0 unspecified atom stereocenters. The summed E-state index contributed by atoms with van der Waals surface area (Å²) in [7, 11) is 12.0. The van der Waals surface area contributed by atoms with E-state index in [2.05, 4.69) is 30.5 Å². The molecule has 0 amide bonds. The minimum absolute atomic E-state index is 0.819. The molecule has 6 aromatic rings. The first-order valence-electron chi connectivity index (χ1n) is 13.4. The van der Waals surface area contributed by atoms with Gasteiger partial charge in [-0.1, -0.05) is 12.1 Å². The average molecular weight is 553 g/mol. The molecule has 6 aromatic heterocycles. The highest BCUT2D eigenvalue weighted by Crippen LogP contribution is 2.11. The Morgan fingerprint density at radius 3 is 1.44 bits per heavy atom. The van der Waals surface area contributed by atoms with Gasteiger partial charge in [0.15, 0.2) is 25.6 Å². The molecule has 6 heterocycles. The van der Waals surface area contributed by atoms with E-state index in [4.69, 9.17) is 4.74 Å². The van der Waals surface area contributed by atoms with Gasteiger partial charge < -0.3 is 4.74 Å². The van der Waals surface area contributed by atoms with E-state index < -0.39 is 0 Å². The zero-order valence-electron chi connectivity index (χ0n) is 24.7. The van der Waals surface area contributed by atoms with E-state index in [1.165, 1.54) is 0 Å². The largest absolute Gasteiger partial charge is 0.377 e. The molecule has 0 radical (unpaired) electrons. The highest BCUT2D eigenvalue weighted by atomic mass is 16.5. The molecule has 0 fully saturated rings. The molecule has 9 heteroatoms. The summed E-state index contributed by atoms with van der Waals surface area (Å²) in [4.78, 5) is 0. The molecule has 0 saturated carbocycles. The van der Waals surface area contributed by atoms with Gasteiger partial charge in [0.05, 0.1) is 51.7 Å². The average Bonchev–Trinajstić information content (AvgIpc) is 3.60. The Morgan fingerprint density at radius 1 is 0.488 bits per heavy atom. The molecule has 0 aliphatic rings. The Balaban J connectivity index is 0.000000142. The molecule has 0 bridgehead atoms. The summed E-state index contributed by atoms with van der Waals surface area (Å²) in [5, 5.41) is 0. The van der Waals surface area contributed by atoms with Gasteiger partial charge in [0.25, 0.3) is 12.1 Å². The predicted molar refractivity (Wildman–Crippen MR) is 152 cm³/mol.